The molecule has 0 atom stereocenters. The molecule has 2 aliphatic heterocycles. The summed E-state index contributed by atoms with van der Waals surface area (Å²) < 4.78 is 18.3. The molecular formula is C21H32FN5O3. The van der Waals surface area contributed by atoms with Crippen LogP contribution in [0.5, 0.6) is 0 Å². The molecule has 8 nitrogen and oxygen atoms in total. The van der Waals surface area contributed by atoms with Crippen molar-refractivity contribution in [3.8, 4) is 0 Å². The molecule has 0 spiro atoms. The summed E-state index contributed by atoms with van der Waals surface area (Å²) in [5, 5.41) is 5.36. The first kappa shape index (κ1) is 22.5. The third-order valence-electron chi connectivity index (χ3n) is 5.52. The van der Waals surface area contributed by atoms with E-state index in [1.54, 1.807) is 0 Å². The zero-order chi connectivity index (χ0) is 21.2. The molecular weight excluding hydrogens is 389 g/mol. The lowest BCUT2D eigenvalue weighted by molar-refractivity contribution is -0.139. The number of rotatable bonds is 8. The van der Waals surface area contributed by atoms with E-state index >= 15 is 0 Å². The number of hydrogen-bond acceptors (Lipinski definition) is 6. The van der Waals surface area contributed by atoms with Gasteiger partial charge in [-0.1, -0.05) is 0 Å². The predicted molar refractivity (Wildman–Crippen MR) is 113 cm³/mol. The molecule has 1 aromatic carbocycles. The van der Waals surface area contributed by atoms with Crippen LogP contribution in [0.4, 0.5) is 10.1 Å². The van der Waals surface area contributed by atoms with Crippen molar-refractivity contribution in [3.05, 3.63) is 30.1 Å². The summed E-state index contributed by atoms with van der Waals surface area (Å²) in [4.78, 5) is 30.6. The van der Waals surface area contributed by atoms with Crippen molar-refractivity contribution in [1.82, 2.24) is 20.4 Å². The Morgan fingerprint density at radius 1 is 0.833 bits per heavy atom. The second-order valence-corrected chi connectivity index (χ2v) is 7.62. The van der Waals surface area contributed by atoms with Crippen LogP contribution >= 0.6 is 0 Å². The van der Waals surface area contributed by atoms with Gasteiger partial charge in [-0.25, -0.2) is 4.39 Å². The maximum Gasteiger partial charge on any atom is 0.309 e. The fraction of sp³-hybridized carbons (Fsp3) is 0.619. The van der Waals surface area contributed by atoms with Crippen LogP contribution in [-0.2, 0) is 14.3 Å². The van der Waals surface area contributed by atoms with Crippen molar-refractivity contribution in [2.24, 2.45) is 0 Å². The van der Waals surface area contributed by atoms with E-state index in [2.05, 4.69) is 25.3 Å². The van der Waals surface area contributed by atoms with Crippen molar-refractivity contribution < 1.29 is 18.7 Å². The lowest BCUT2D eigenvalue weighted by Crippen LogP contribution is -2.47. The first-order chi connectivity index (χ1) is 14.6. The Labute approximate surface area is 177 Å². The molecule has 0 radical (unpaired) electrons. The number of hydrogen-bond donors (Lipinski definition) is 2. The normalized spacial score (nSPS) is 18.2. The molecule has 166 valence electrons. The number of carbonyl (C=O) groups is 2. The second-order valence-electron chi connectivity index (χ2n) is 7.62. The first-order valence-corrected chi connectivity index (χ1v) is 10.7. The number of amides is 2. The van der Waals surface area contributed by atoms with Gasteiger partial charge >= 0.3 is 11.8 Å². The average Bonchev–Trinajstić information content (AvgIpc) is 2.78. The molecule has 9 heteroatoms. The van der Waals surface area contributed by atoms with Crippen LogP contribution in [0.2, 0.25) is 0 Å². The van der Waals surface area contributed by atoms with Crippen LogP contribution in [0.25, 0.3) is 0 Å². The van der Waals surface area contributed by atoms with Gasteiger partial charge in [0.05, 0.1) is 13.2 Å². The van der Waals surface area contributed by atoms with E-state index < -0.39 is 11.8 Å². The monoisotopic (exact) mass is 421 g/mol. The van der Waals surface area contributed by atoms with Crippen LogP contribution < -0.4 is 15.5 Å². The number of nitrogens with zero attached hydrogens (tertiary/aromatic N) is 3. The molecule has 0 saturated carbocycles. The van der Waals surface area contributed by atoms with Crippen molar-refractivity contribution in [2.45, 2.75) is 6.42 Å². The third-order valence-corrected chi connectivity index (χ3v) is 5.52. The quantitative estimate of drug-likeness (QED) is 0.451. The predicted octanol–water partition coefficient (Wildman–Crippen LogP) is -0.0976. The molecule has 0 bridgehead atoms. The Hall–Kier alpha value is -2.23. The standard InChI is InChI=1S/C21H32FN5O3/c22-18-2-4-19(5-3-18)27-12-10-25(11-13-27)8-1-6-23-20(28)21(29)24-7-9-26-14-16-30-17-15-26/h2-5H,1,6-17H2,(H,23,28)(H,24,29). The average molecular weight is 422 g/mol. The van der Waals surface area contributed by atoms with E-state index in [1.165, 1.54) is 12.1 Å². The second kappa shape index (κ2) is 11.8. The number of halogens is 1. The fourth-order valence-electron chi connectivity index (χ4n) is 3.70. The Morgan fingerprint density at radius 2 is 1.43 bits per heavy atom. The van der Waals surface area contributed by atoms with Crippen LogP contribution in [-0.4, -0.2) is 100 Å². The molecule has 2 amide bonds. The summed E-state index contributed by atoms with van der Waals surface area (Å²) in [6, 6.07) is 6.60. The van der Waals surface area contributed by atoms with Gasteiger partial charge in [0.25, 0.3) is 0 Å². The third kappa shape index (κ3) is 7.23. The molecule has 2 saturated heterocycles. The highest BCUT2D eigenvalue weighted by Crippen LogP contribution is 2.16. The minimum Gasteiger partial charge on any atom is -0.379 e. The molecule has 0 aromatic heterocycles. The largest absolute Gasteiger partial charge is 0.379 e. The van der Waals surface area contributed by atoms with E-state index in [0.717, 1.165) is 77.7 Å². The zero-order valence-corrected chi connectivity index (χ0v) is 17.4. The Balaban J connectivity index is 1.23. The summed E-state index contributed by atoms with van der Waals surface area (Å²) >= 11 is 0. The minimum absolute atomic E-state index is 0.217. The van der Waals surface area contributed by atoms with E-state index in [9.17, 15) is 14.0 Å². The summed E-state index contributed by atoms with van der Waals surface area (Å²) in [6.45, 7) is 9.33. The number of morpholine rings is 1. The molecule has 2 N–H and O–H groups in total. The first-order valence-electron chi connectivity index (χ1n) is 10.7. The molecule has 2 fully saturated rings. The topological polar surface area (TPSA) is 77.2 Å². The SMILES string of the molecule is O=C(NCCCN1CCN(c2ccc(F)cc2)CC1)C(=O)NCCN1CCOCC1. The number of carbonyl (C=O) groups excluding carboxylic acids is 2. The van der Waals surface area contributed by atoms with Gasteiger partial charge in [-0.2, -0.15) is 0 Å². The van der Waals surface area contributed by atoms with E-state index in [1.807, 2.05) is 12.1 Å². The summed E-state index contributed by atoms with van der Waals surface area (Å²) in [7, 11) is 0. The summed E-state index contributed by atoms with van der Waals surface area (Å²) in [5.74, 6) is -1.36. The number of piperazine rings is 1. The molecule has 1 aromatic rings. The lowest BCUT2D eigenvalue weighted by atomic mass is 10.2. The van der Waals surface area contributed by atoms with Gasteiger partial charge in [0.2, 0.25) is 0 Å². The molecule has 2 aliphatic rings. The highest BCUT2D eigenvalue weighted by atomic mass is 19.1. The Bertz CT molecular complexity index is 674. The van der Waals surface area contributed by atoms with Crippen molar-refractivity contribution in [1.29, 1.82) is 0 Å². The number of ether oxygens (including phenoxy) is 1. The Morgan fingerprint density at radius 3 is 2.10 bits per heavy atom. The van der Waals surface area contributed by atoms with Crippen molar-refractivity contribution in [2.75, 3.05) is 83.6 Å². The van der Waals surface area contributed by atoms with Gasteiger partial charge in [-0.05, 0) is 37.2 Å². The van der Waals surface area contributed by atoms with Crippen LogP contribution in [0.1, 0.15) is 6.42 Å². The Kier molecular flexibility index (Phi) is 8.85. The number of anilines is 1. The zero-order valence-electron chi connectivity index (χ0n) is 17.4. The maximum absolute atomic E-state index is 13.0. The lowest BCUT2D eigenvalue weighted by Gasteiger charge is -2.36. The smallest absolute Gasteiger partial charge is 0.309 e. The van der Waals surface area contributed by atoms with Gasteiger partial charge in [0, 0.05) is 64.6 Å². The molecule has 3 rings (SSSR count). The molecule has 0 unspecified atom stereocenters. The van der Waals surface area contributed by atoms with Gasteiger partial charge in [-0.3, -0.25) is 19.4 Å². The summed E-state index contributed by atoms with van der Waals surface area (Å²) in [6.07, 6.45) is 0.795. The van der Waals surface area contributed by atoms with E-state index in [4.69, 9.17) is 4.74 Å². The molecule has 30 heavy (non-hydrogen) atoms. The van der Waals surface area contributed by atoms with Gasteiger partial charge < -0.3 is 20.3 Å². The summed E-state index contributed by atoms with van der Waals surface area (Å²) in [5.41, 5.74) is 1.04. The molecule has 0 aliphatic carbocycles. The highest BCUT2D eigenvalue weighted by Gasteiger charge is 2.18. The van der Waals surface area contributed by atoms with Crippen LogP contribution in [0, 0.1) is 5.82 Å². The van der Waals surface area contributed by atoms with Gasteiger partial charge in [0.1, 0.15) is 5.82 Å². The van der Waals surface area contributed by atoms with Crippen LogP contribution in [0.15, 0.2) is 24.3 Å². The van der Waals surface area contributed by atoms with Crippen LogP contribution in [0.3, 0.4) is 0 Å². The van der Waals surface area contributed by atoms with E-state index in [-0.39, 0.29) is 5.82 Å². The number of nitrogens with one attached hydrogen (secondary N) is 2. The van der Waals surface area contributed by atoms with Gasteiger partial charge in [-0.15, -0.1) is 0 Å². The van der Waals surface area contributed by atoms with Crippen molar-refractivity contribution >= 4 is 17.5 Å². The number of benzene rings is 1. The van der Waals surface area contributed by atoms with Crippen molar-refractivity contribution in [3.63, 3.8) is 0 Å². The molecule has 2 heterocycles. The van der Waals surface area contributed by atoms with E-state index in [0.29, 0.717) is 13.1 Å². The highest BCUT2D eigenvalue weighted by molar-refractivity contribution is 6.35. The maximum atomic E-state index is 13.0. The van der Waals surface area contributed by atoms with Gasteiger partial charge in [0.15, 0.2) is 0 Å². The fourth-order valence-corrected chi connectivity index (χ4v) is 3.70. The minimum atomic E-state index is -0.573.